The Morgan fingerprint density at radius 1 is 1.20 bits per heavy atom. The van der Waals surface area contributed by atoms with Crippen LogP contribution in [-0.4, -0.2) is 28.9 Å². The number of carbonyl (C=O) groups is 1. The smallest absolute Gasteiger partial charge is 0.256 e. The van der Waals surface area contributed by atoms with Crippen molar-refractivity contribution in [3.63, 3.8) is 0 Å². The number of para-hydroxylation sites is 2. The van der Waals surface area contributed by atoms with Crippen molar-refractivity contribution in [1.29, 1.82) is 0 Å². The number of amides is 1. The van der Waals surface area contributed by atoms with Crippen LogP contribution in [0.25, 0.3) is 11.1 Å². The predicted octanol–water partition coefficient (Wildman–Crippen LogP) is 4.75. The van der Waals surface area contributed by atoms with E-state index in [9.17, 15) is 9.18 Å². The molecule has 6 heteroatoms. The van der Waals surface area contributed by atoms with E-state index >= 15 is 0 Å². The number of carbonyl (C=O) groups excluding carboxylic acids is 1. The Kier molecular flexibility index (Phi) is 4.29. The van der Waals surface area contributed by atoms with Crippen LogP contribution in [0.3, 0.4) is 0 Å². The lowest BCUT2D eigenvalue weighted by molar-refractivity contribution is 0.0702. The Morgan fingerprint density at radius 3 is 2.68 bits per heavy atom. The molecule has 0 bridgehead atoms. The molecule has 1 aromatic heterocycles. The number of halogens is 2. The highest BCUT2D eigenvalue weighted by Gasteiger charge is 2.28. The van der Waals surface area contributed by atoms with Gasteiger partial charge in [0, 0.05) is 23.5 Å². The van der Waals surface area contributed by atoms with Crippen molar-refractivity contribution in [3.8, 4) is 0 Å². The summed E-state index contributed by atoms with van der Waals surface area (Å²) in [5, 5.41) is 0. The second-order valence-corrected chi connectivity index (χ2v) is 7.13. The molecule has 0 radical (unpaired) electrons. The summed E-state index contributed by atoms with van der Waals surface area (Å²) in [5.74, 6) is 0.149. The van der Waals surface area contributed by atoms with Gasteiger partial charge in [-0.05, 0) is 43.2 Å². The number of piperidine rings is 1. The maximum Gasteiger partial charge on any atom is 0.256 e. The lowest BCUT2D eigenvalue weighted by Gasteiger charge is -2.30. The standard InChI is InChI=1S/C19H16BrFN2O2/c20-13-5-6-14(15(21)11-13)19(24)23-9-7-12(8-10-23)18-22-16-3-1-2-4-17(16)25-18/h1-6,11-12H,7-10H2. The normalized spacial score (nSPS) is 15.7. The van der Waals surface area contributed by atoms with Gasteiger partial charge in [-0.2, -0.15) is 0 Å². The number of rotatable bonds is 2. The molecule has 1 amide bonds. The first-order valence-corrected chi connectivity index (χ1v) is 9.01. The first-order valence-electron chi connectivity index (χ1n) is 8.21. The zero-order valence-electron chi connectivity index (χ0n) is 13.4. The molecule has 1 saturated heterocycles. The second-order valence-electron chi connectivity index (χ2n) is 6.21. The van der Waals surface area contributed by atoms with Crippen molar-refractivity contribution in [2.75, 3.05) is 13.1 Å². The average molecular weight is 403 g/mol. The van der Waals surface area contributed by atoms with E-state index in [2.05, 4.69) is 20.9 Å². The third-order valence-electron chi connectivity index (χ3n) is 4.60. The monoisotopic (exact) mass is 402 g/mol. The molecule has 2 aromatic carbocycles. The molecule has 1 aliphatic rings. The number of hydrogen-bond acceptors (Lipinski definition) is 3. The molecule has 128 valence electrons. The van der Waals surface area contributed by atoms with E-state index in [1.54, 1.807) is 11.0 Å². The minimum absolute atomic E-state index is 0.114. The number of aromatic nitrogens is 1. The van der Waals surface area contributed by atoms with Crippen LogP contribution in [0.5, 0.6) is 0 Å². The minimum atomic E-state index is -0.500. The molecule has 2 heterocycles. The highest BCUT2D eigenvalue weighted by molar-refractivity contribution is 9.10. The van der Waals surface area contributed by atoms with E-state index < -0.39 is 5.82 Å². The molecule has 1 aliphatic heterocycles. The molecule has 0 unspecified atom stereocenters. The van der Waals surface area contributed by atoms with Crippen LogP contribution in [0.4, 0.5) is 4.39 Å². The van der Waals surface area contributed by atoms with Gasteiger partial charge in [0.1, 0.15) is 11.3 Å². The van der Waals surface area contributed by atoms with E-state index in [-0.39, 0.29) is 17.4 Å². The Labute approximate surface area is 152 Å². The van der Waals surface area contributed by atoms with E-state index in [0.29, 0.717) is 17.6 Å². The summed E-state index contributed by atoms with van der Waals surface area (Å²) in [5.41, 5.74) is 1.75. The molecule has 4 nitrogen and oxygen atoms in total. The maximum absolute atomic E-state index is 14.0. The molecular weight excluding hydrogens is 387 g/mol. The summed E-state index contributed by atoms with van der Waals surface area (Å²) >= 11 is 3.21. The van der Waals surface area contributed by atoms with Gasteiger partial charge in [0.2, 0.25) is 0 Å². The third-order valence-corrected chi connectivity index (χ3v) is 5.10. The van der Waals surface area contributed by atoms with Crippen molar-refractivity contribution >= 4 is 32.9 Å². The van der Waals surface area contributed by atoms with Crippen LogP contribution in [0.1, 0.15) is 35.0 Å². The number of benzene rings is 2. The number of nitrogens with zero attached hydrogens (tertiary/aromatic N) is 2. The van der Waals surface area contributed by atoms with Crippen LogP contribution >= 0.6 is 15.9 Å². The molecule has 25 heavy (non-hydrogen) atoms. The Morgan fingerprint density at radius 2 is 1.96 bits per heavy atom. The summed E-state index contributed by atoms with van der Waals surface area (Å²) in [7, 11) is 0. The quantitative estimate of drug-likeness (QED) is 0.621. The highest BCUT2D eigenvalue weighted by atomic mass is 79.9. The predicted molar refractivity (Wildman–Crippen MR) is 96.0 cm³/mol. The number of fused-ring (bicyclic) bond motifs is 1. The van der Waals surface area contributed by atoms with Crippen LogP contribution in [0.15, 0.2) is 51.4 Å². The first kappa shape index (κ1) is 16.3. The molecule has 4 rings (SSSR count). The topological polar surface area (TPSA) is 46.3 Å². The van der Waals surface area contributed by atoms with Crippen molar-refractivity contribution in [1.82, 2.24) is 9.88 Å². The fourth-order valence-electron chi connectivity index (χ4n) is 3.23. The molecule has 0 aliphatic carbocycles. The second kappa shape index (κ2) is 6.59. The summed E-state index contributed by atoms with van der Waals surface area (Å²) in [6, 6.07) is 12.2. The molecular formula is C19H16BrFN2O2. The average Bonchev–Trinajstić information content (AvgIpc) is 3.05. The largest absolute Gasteiger partial charge is 0.440 e. The van der Waals surface area contributed by atoms with Crippen LogP contribution in [0, 0.1) is 5.82 Å². The maximum atomic E-state index is 14.0. The fraction of sp³-hybridized carbons (Fsp3) is 0.263. The summed E-state index contributed by atoms with van der Waals surface area (Å²) in [4.78, 5) is 18.8. The minimum Gasteiger partial charge on any atom is -0.440 e. The van der Waals surface area contributed by atoms with Crippen molar-refractivity contribution in [2.45, 2.75) is 18.8 Å². The summed E-state index contributed by atoms with van der Waals surface area (Å²) in [6.45, 7) is 1.13. The number of oxazole rings is 1. The van der Waals surface area contributed by atoms with Gasteiger partial charge in [0.15, 0.2) is 11.5 Å². The molecule has 3 aromatic rings. The van der Waals surface area contributed by atoms with Crippen molar-refractivity contribution in [3.05, 3.63) is 64.2 Å². The van der Waals surface area contributed by atoms with Crippen LogP contribution in [-0.2, 0) is 0 Å². The van der Waals surface area contributed by atoms with Gasteiger partial charge in [-0.15, -0.1) is 0 Å². The zero-order valence-corrected chi connectivity index (χ0v) is 15.0. The third kappa shape index (κ3) is 3.18. The summed E-state index contributed by atoms with van der Waals surface area (Å²) in [6.07, 6.45) is 1.52. The zero-order chi connectivity index (χ0) is 17.4. The molecule has 0 saturated carbocycles. The molecule has 1 fully saturated rings. The van der Waals surface area contributed by atoms with Gasteiger partial charge >= 0.3 is 0 Å². The summed E-state index contributed by atoms with van der Waals surface area (Å²) < 4.78 is 20.5. The molecule has 0 N–H and O–H groups in total. The first-order chi connectivity index (χ1) is 12.1. The SMILES string of the molecule is O=C(c1ccc(Br)cc1F)N1CCC(c2nc3ccccc3o2)CC1. The van der Waals surface area contributed by atoms with E-state index in [0.717, 1.165) is 29.8 Å². The lowest BCUT2D eigenvalue weighted by Crippen LogP contribution is -2.38. The Bertz CT molecular complexity index is 899. The van der Waals surface area contributed by atoms with Gasteiger partial charge in [-0.25, -0.2) is 9.37 Å². The lowest BCUT2D eigenvalue weighted by atomic mass is 9.96. The fourth-order valence-corrected chi connectivity index (χ4v) is 3.56. The highest BCUT2D eigenvalue weighted by Crippen LogP contribution is 2.30. The van der Waals surface area contributed by atoms with E-state index in [1.807, 2.05) is 24.3 Å². The van der Waals surface area contributed by atoms with E-state index in [1.165, 1.54) is 12.1 Å². The van der Waals surface area contributed by atoms with Crippen LogP contribution < -0.4 is 0 Å². The van der Waals surface area contributed by atoms with Gasteiger partial charge in [0.05, 0.1) is 5.56 Å². The van der Waals surface area contributed by atoms with Gasteiger partial charge in [0.25, 0.3) is 5.91 Å². The molecule has 0 atom stereocenters. The van der Waals surface area contributed by atoms with Crippen molar-refractivity contribution < 1.29 is 13.6 Å². The van der Waals surface area contributed by atoms with Crippen molar-refractivity contribution in [2.24, 2.45) is 0 Å². The Hall–Kier alpha value is -2.21. The van der Waals surface area contributed by atoms with Gasteiger partial charge in [-0.1, -0.05) is 28.1 Å². The van der Waals surface area contributed by atoms with E-state index in [4.69, 9.17) is 4.42 Å². The molecule has 0 spiro atoms. The van der Waals surface area contributed by atoms with Gasteiger partial charge < -0.3 is 9.32 Å². The number of hydrogen-bond donors (Lipinski definition) is 0. The Balaban J connectivity index is 1.46. The van der Waals surface area contributed by atoms with Crippen LogP contribution in [0.2, 0.25) is 0 Å². The van der Waals surface area contributed by atoms with Gasteiger partial charge in [-0.3, -0.25) is 4.79 Å². The number of likely N-dealkylation sites (tertiary alicyclic amines) is 1.